The van der Waals surface area contributed by atoms with Gasteiger partial charge in [-0.2, -0.15) is 0 Å². The molecular formula is C21H20O2. The molecule has 0 saturated carbocycles. The SMILES string of the molecule is C#CC(O)/C=C\C=C\C1=CC=CC=C(/C=C/C=C/C(O)C#C)C1. The van der Waals surface area contributed by atoms with E-state index in [2.05, 4.69) is 11.8 Å². The number of hydrogen-bond acceptors (Lipinski definition) is 2. The monoisotopic (exact) mass is 304 g/mol. The zero-order valence-corrected chi connectivity index (χ0v) is 12.8. The quantitative estimate of drug-likeness (QED) is 0.585. The van der Waals surface area contributed by atoms with Crippen LogP contribution in [-0.2, 0) is 0 Å². The average molecular weight is 304 g/mol. The molecule has 2 unspecified atom stereocenters. The fourth-order valence-corrected chi connectivity index (χ4v) is 1.75. The van der Waals surface area contributed by atoms with Crippen LogP contribution >= 0.6 is 0 Å². The summed E-state index contributed by atoms with van der Waals surface area (Å²) in [6.45, 7) is 0. The van der Waals surface area contributed by atoms with Crippen LogP contribution in [0, 0.1) is 24.7 Å². The Hall–Kier alpha value is -2.78. The van der Waals surface area contributed by atoms with Crippen LogP contribution in [0.4, 0.5) is 0 Å². The zero-order chi connectivity index (χ0) is 16.9. The van der Waals surface area contributed by atoms with Crippen LogP contribution in [0.3, 0.4) is 0 Å². The lowest BCUT2D eigenvalue weighted by atomic mass is 10.0. The Balaban J connectivity index is 2.63. The summed E-state index contributed by atoms with van der Waals surface area (Å²) in [5.74, 6) is 4.43. The molecule has 2 N–H and O–H groups in total. The molecule has 1 aliphatic rings. The molecule has 0 amide bonds. The lowest BCUT2D eigenvalue weighted by Crippen LogP contribution is -1.94. The molecule has 0 aromatic heterocycles. The molecule has 0 spiro atoms. The summed E-state index contributed by atoms with van der Waals surface area (Å²) >= 11 is 0. The Kier molecular flexibility index (Phi) is 8.64. The van der Waals surface area contributed by atoms with Crippen molar-refractivity contribution >= 4 is 0 Å². The normalized spacial score (nSPS) is 17.9. The van der Waals surface area contributed by atoms with Gasteiger partial charge in [0.05, 0.1) is 0 Å². The fourth-order valence-electron chi connectivity index (χ4n) is 1.75. The van der Waals surface area contributed by atoms with Crippen molar-refractivity contribution in [3.05, 3.63) is 84.1 Å². The van der Waals surface area contributed by atoms with Crippen molar-refractivity contribution in [3.63, 3.8) is 0 Å². The Bertz CT molecular complexity index is 610. The summed E-state index contributed by atoms with van der Waals surface area (Å²) in [5, 5.41) is 18.4. The molecule has 0 fully saturated rings. The van der Waals surface area contributed by atoms with Crippen LogP contribution in [0.5, 0.6) is 0 Å². The van der Waals surface area contributed by atoms with Gasteiger partial charge in [0.2, 0.25) is 0 Å². The van der Waals surface area contributed by atoms with Crippen molar-refractivity contribution < 1.29 is 10.2 Å². The Labute approximate surface area is 138 Å². The highest BCUT2D eigenvalue weighted by Crippen LogP contribution is 2.17. The first kappa shape index (κ1) is 18.3. The number of hydrogen-bond donors (Lipinski definition) is 2. The van der Waals surface area contributed by atoms with Gasteiger partial charge in [0.1, 0.15) is 12.2 Å². The first-order valence-electron chi connectivity index (χ1n) is 7.20. The molecule has 0 saturated heterocycles. The molecule has 2 nitrogen and oxygen atoms in total. The minimum absolute atomic E-state index is 0.775. The second-order valence-corrected chi connectivity index (χ2v) is 4.76. The van der Waals surface area contributed by atoms with Crippen LogP contribution in [0.25, 0.3) is 0 Å². The molecule has 0 radical (unpaired) electrons. The van der Waals surface area contributed by atoms with Crippen LogP contribution in [-0.4, -0.2) is 22.4 Å². The summed E-state index contributed by atoms with van der Waals surface area (Å²) in [5.41, 5.74) is 2.25. The van der Waals surface area contributed by atoms with Crippen LogP contribution in [0.2, 0.25) is 0 Å². The molecule has 0 heterocycles. The summed E-state index contributed by atoms with van der Waals surface area (Å²) < 4.78 is 0. The summed E-state index contributed by atoms with van der Waals surface area (Å²) in [7, 11) is 0. The minimum Gasteiger partial charge on any atom is -0.377 e. The molecule has 0 aromatic carbocycles. The maximum atomic E-state index is 9.22. The third-order valence-corrected chi connectivity index (χ3v) is 2.91. The highest BCUT2D eigenvalue weighted by atomic mass is 16.3. The molecule has 1 rings (SSSR count). The second kappa shape index (κ2) is 10.9. The average Bonchev–Trinajstić information content (AvgIpc) is 2.80. The van der Waals surface area contributed by atoms with Gasteiger partial charge in [-0.3, -0.25) is 0 Å². The first-order chi connectivity index (χ1) is 11.2. The number of aliphatic hydroxyl groups excluding tert-OH is 2. The van der Waals surface area contributed by atoms with Gasteiger partial charge < -0.3 is 10.2 Å². The Morgan fingerprint density at radius 3 is 1.65 bits per heavy atom. The molecule has 2 heteroatoms. The summed E-state index contributed by atoms with van der Waals surface area (Å²) in [6, 6.07) is 0. The highest BCUT2D eigenvalue weighted by molar-refractivity contribution is 5.40. The zero-order valence-electron chi connectivity index (χ0n) is 12.8. The van der Waals surface area contributed by atoms with E-state index in [1.54, 1.807) is 24.3 Å². The van der Waals surface area contributed by atoms with Gasteiger partial charge in [-0.15, -0.1) is 12.8 Å². The standard InChI is InChI=1S/C21H20O2/c1-3-20(22)15-9-7-13-18-11-5-6-12-19(17-18)14-8-10-16-21(23)4-2/h1-2,5-16,20-23H,17H2/b13-7+,14-8+,15-9-,16-10+. The number of rotatable bonds is 6. The van der Waals surface area contributed by atoms with E-state index in [1.807, 2.05) is 48.6 Å². The van der Waals surface area contributed by atoms with E-state index < -0.39 is 12.2 Å². The molecule has 0 bridgehead atoms. The van der Waals surface area contributed by atoms with E-state index in [0.29, 0.717) is 0 Å². The third-order valence-electron chi connectivity index (χ3n) is 2.91. The Morgan fingerprint density at radius 2 is 1.26 bits per heavy atom. The molecule has 23 heavy (non-hydrogen) atoms. The van der Waals surface area contributed by atoms with Gasteiger partial charge in [-0.25, -0.2) is 0 Å². The third kappa shape index (κ3) is 8.29. The number of terminal acetylenes is 2. The number of aliphatic hydroxyl groups is 2. The fraction of sp³-hybridized carbons (Fsp3) is 0.143. The predicted octanol–water partition coefficient (Wildman–Crippen LogP) is 3.01. The second-order valence-electron chi connectivity index (χ2n) is 4.76. The van der Waals surface area contributed by atoms with Crippen molar-refractivity contribution in [2.24, 2.45) is 0 Å². The van der Waals surface area contributed by atoms with Gasteiger partial charge in [0.25, 0.3) is 0 Å². The smallest absolute Gasteiger partial charge is 0.133 e. The van der Waals surface area contributed by atoms with E-state index in [-0.39, 0.29) is 0 Å². The van der Waals surface area contributed by atoms with Gasteiger partial charge in [0.15, 0.2) is 0 Å². The van der Waals surface area contributed by atoms with E-state index >= 15 is 0 Å². The van der Waals surface area contributed by atoms with Crippen LogP contribution in [0.15, 0.2) is 84.1 Å². The van der Waals surface area contributed by atoms with E-state index in [4.69, 9.17) is 12.8 Å². The first-order valence-corrected chi connectivity index (χ1v) is 7.20. The van der Waals surface area contributed by atoms with Crippen molar-refractivity contribution in [2.75, 3.05) is 0 Å². The summed E-state index contributed by atoms with van der Waals surface area (Å²) in [6.07, 6.45) is 31.4. The lowest BCUT2D eigenvalue weighted by molar-refractivity contribution is 0.280. The van der Waals surface area contributed by atoms with E-state index in [1.165, 1.54) is 0 Å². The van der Waals surface area contributed by atoms with Crippen molar-refractivity contribution in [2.45, 2.75) is 18.6 Å². The van der Waals surface area contributed by atoms with Crippen LogP contribution in [0.1, 0.15) is 6.42 Å². The van der Waals surface area contributed by atoms with E-state index in [0.717, 1.165) is 17.6 Å². The molecule has 0 aliphatic heterocycles. The maximum Gasteiger partial charge on any atom is 0.133 e. The van der Waals surface area contributed by atoms with Crippen molar-refractivity contribution in [3.8, 4) is 24.7 Å². The largest absolute Gasteiger partial charge is 0.377 e. The highest BCUT2D eigenvalue weighted by Gasteiger charge is 1.98. The Morgan fingerprint density at radius 1 is 0.826 bits per heavy atom. The molecule has 1 aliphatic carbocycles. The molecule has 0 aromatic rings. The molecule has 2 atom stereocenters. The topological polar surface area (TPSA) is 40.5 Å². The molecule has 116 valence electrons. The maximum absolute atomic E-state index is 9.22. The van der Waals surface area contributed by atoms with Gasteiger partial charge in [-0.05, 0) is 29.7 Å². The van der Waals surface area contributed by atoms with Gasteiger partial charge in [0, 0.05) is 0 Å². The minimum atomic E-state index is -0.855. The van der Waals surface area contributed by atoms with Gasteiger partial charge >= 0.3 is 0 Å². The lowest BCUT2D eigenvalue weighted by Gasteiger charge is -2.01. The predicted molar refractivity (Wildman–Crippen MR) is 96.2 cm³/mol. The van der Waals surface area contributed by atoms with E-state index in [9.17, 15) is 10.2 Å². The van der Waals surface area contributed by atoms with Crippen molar-refractivity contribution in [1.82, 2.24) is 0 Å². The van der Waals surface area contributed by atoms with Crippen molar-refractivity contribution in [1.29, 1.82) is 0 Å². The van der Waals surface area contributed by atoms with Crippen LogP contribution < -0.4 is 0 Å². The summed E-state index contributed by atoms with van der Waals surface area (Å²) in [4.78, 5) is 0. The van der Waals surface area contributed by atoms with Gasteiger partial charge in [-0.1, -0.05) is 72.6 Å². The molecular weight excluding hydrogens is 284 g/mol. The number of allylic oxidation sites excluding steroid dienone is 12.